The quantitative estimate of drug-likeness (QED) is 0.131. The minimum atomic E-state index is -0.819. The summed E-state index contributed by atoms with van der Waals surface area (Å²) in [4.78, 5) is 59.9. The third-order valence-electron chi connectivity index (χ3n) is 3.84. The van der Waals surface area contributed by atoms with E-state index in [-0.39, 0.29) is 71.2 Å². The van der Waals surface area contributed by atoms with E-state index in [1.54, 1.807) is 0 Å². The van der Waals surface area contributed by atoms with E-state index in [4.69, 9.17) is 30.6 Å². The van der Waals surface area contributed by atoms with Crippen LogP contribution in [-0.2, 0) is 61.5 Å². The number of rotatable bonds is 18. The summed E-state index contributed by atoms with van der Waals surface area (Å²) in [7, 11) is 0. The fourth-order valence-electron chi connectivity index (χ4n) is 2.19. The van der Waals surface area contributed by atoms with E-state index in [0.29, 0.717) is 57.8 Å². The second-order valence-electron chi connectivity index (χ2n) is 7.04. The van der Waals surface area contributed by atoms with Crippen LogP contribution >= 0.6 is 0 Å². The van der Waals surface area contributed by atoms with Crippen molar-refractivity contribution in [3.63, 3.8) is 0 Å². The Bertz CT molecular complexity index is 463. The first-order valence-corrected chi connectivity index (χ1v) is 10.7. The van der Waals surface area contributed by atoms with Gasteiger partial charge in [-0.15, -0.1) is 0 Å². The van der Waals surface area contributed by atoms with Crippen molar-refractivity contribution in [2.24, 2.45) is 0 Å². The molecule has 0 unspecified atom stereocenters. The summed E-state index contributed by atoms with van der Waals surface area (Å²) < 4.78 is 0. The van der Waals surface area contributed by atoms with Crippen molar-refractivity contribution in [1.82, 2.24) is 0 Å². The van der Waals surface area contributed by atoms with Gasteiger partial charge < -0.3 is 30.6 Å². The van der Waals surface area contributed by atoms with Crippen LogP contribution < -0.4 is 0 Å². The van der Waals surface area contributed by atoms with Crippen LogP contribution in [0.25, 0.3) is 0 Å². The molecule has 0 aromatic carbocycles. The molecule has 1 radical (unpaired) electrons. The second kappa shape index (κ2) is 29.0. The third kappa shape index (κ3) is 52.1. The largest absolute Gasteiger partial charge is 0.481 e. The van der Waals surface area contributed by atoms with Crippen LogP contribution in [0.5, 0.6) is 0 Å². The van der Waals surface area contributed by atoms with Crippen LogP contribution in [0.4, 0.5) is 0 Å². The number of hydrogen-bond acceptors (Lipinski definition) is 6. The summed E-state index contributed by atoms with van der Waals surface area (Å²) >= 11 is 0. The number of aliphatic carboxylic acids is 6. The van der Waals surface area contributed by atoms with E-state index in [2.05, 4.69) is 0 Å². The molecule has 0 heterocycles. The first kappa shape index (κ1) is 39.2. The van der Waals surface area contributed by atoms with E-state index in [9.17, 15) is 28.8 Å². The van der Waals surface area contributed by atoms with Crippen LogP contribution in [0.3, 0.4) is 0 Å². The zero-order chi connectivity index (χ0) is 26.1. The molecule has 12 nitrogen and oxygen atoms in total. The molecule has 0 atom stereocenters. The molecular formula is C21H36O12Y. The standard InChI is InChI=1S/3C7H12O4.Y/c3*8-6(9)4-2-1-3-5-7(10)11;/h3*1-5H2,(H,8,9)(H,10,11);. The van der Waals surface area contributed by atoms with Gasteiger partial charge >= 0.3 is 35.8 Å². The molecule has 13 heteroatoms. The monoisotopic (exact) mass is 569 g/mol. The van der Waals surface area contributed by atoms with Gasteiger partial charge in [0, 0.05) is 71.2 Å². The van der Waals surface area contributed by atoms with Gasteiger partial charge in [-0.3, -0.25) is 28.8 Å². The molecule has 0 saturated heterocycles. The van der Waals surface area contributed by atoms with Crippen LogP contribution in [0, 0.1) is 0 Å². The first-order chi connectivity index (χ1) is 15.4. The second-order valence-corrected chi connectivity index (χ2v) is 7.04. The zero-order valence-corrected chi connectivity index (χ0v) is 22.2. The average molecular weight is 569 g/mol. The summed E-state index contributed by atoms with van der Waals surface area (Å²) in [5.41, 5.74) is 0. The summed E-state index contributed by atoms with van der Waals surface area (Å²) in [5, 5.41) is 49.2. The van der Waals surface area contributed by atoms with E-state index in [1.807, 2.05) is 0 Å². The van der Waals surface area contributed by atoms with Gasteiger partial charge in [0.1, 0.15) is 0 Å². The number of carboxylic acids is 6. The van der Waals surface area contributed by atoms with Gasteiger partial charge in [0.15, 0.2) is 0 Å². The molecular weight excluding hydrogens is 533 g/mol. The average Bonchev–Trinajstić information content (AvgIpc) is 2.67. The molecule has 0 bridgehead atoms. The maximum Gasteiger partial charge on any atom is 0.303 e. The van der Waals surface area contributed by atoms with Crippen molar-refractivity contribution in [3.8, 4) is 0 Å². The summed E-state index contributed by atoms with van der Waals surface area (Å²) in [5.74, 6) is -4.91. The van der Waals surface area contributed by atoms with Gasteiger partial charge in [-0.2, -0.15) is 0 Å². The number of carboxylic acid groups (broad SMARTS) is 6. The molecule has 0 rings (SSSR count). The molecule has 0 aliphatic carbocycles. The number of hydrogen-bond donors (Lipinski definition) is 6. The summed E-state index contributed by atoms with van der Waals surface area (Å²) in [6.45, 7) is 0. The molecule has 34 heavy (non-hydrogen) atoms. The molecule has 0 aliphatic heterocycles. The van der Waals surface area contributed by atoms with Crippen molar-refractivity contribution in [3.05, 3.63) is 0 Å². The van der Waals surface area contributed by atoms with Crippen molar-refractivity contribution in [1.29, 1.82) is 0 Å². The van der Waals surface area contributed by atoms with Gasteiger partial charge in [0.05, 0.1) is 0 Å². The number of carbonyl (C=O) groups is 6. The Morgan fingerprint density at radius 2 is 0.412 bits per heavy atom. The molecule has 0 amide bonds. The van der Waals surface area contributed by atoms with E-state index >= 15 is 0 Å². The van der Waals surface area contributed by atoms with Crippen LogP contribution in [0.1, 0.15) is 96.3 Å². The van der Waals surface area contributed by atoms with Crippen molar-refractivity contribution in [2.45, 2.75) is 96.3 Å². The molecule has 6 N–H and O–H groups in total. The predicted molar refractivity (Wildman–Crippen MR) is 115 cm³/mol. The zero-order valence-electron chi connectivity index (χ0n) is 19.3. The Labute approximate surface area is 223 Å². The molecule has 0 saturated carbocycles. The summed E-state index contributed by atoms with van der Waals surface area (Å²) in [6, 6.07) is 0. The Kier molecular flexibility index (Phi) is 33.3. The Morgan fingerprint density at radius 3 is 0.500 bits per heavy atom. The molecule has 0 spiro atoms. The van der Waals surface area contributed by atoms with Gasteiger partial charge in [-0.25, -0.2) is 0 Å². The third-order valence-corrected chi connectivity index (χ3v) is 3.84. The normalized spacial score (nSPS) is 9.18. The minimum Gasteiger partial charge on any atom is -0.481 e. The van der Waals surface area contributed by atoms with Crippen LogP contribution in [0.2, 0.25) is 0 Å². The maximum atomic E-state index is 9.98. The summed E-state index contributed by atoms with van der Waals surface area (Å²) in [6.07, 6.45) is 6.30. The smallest absolute Gasteiger partial charge is 0.303 e. The van der Waals surface area contributed by atoms with E-state index < -0.39 is 35.8 Å². The van der Waals surface area contributed by atoms with Crippen molar-refractivity contribution >= 4 is 35.8 Å². The molecule has 0 aliphatic rings. The predicted octanol–water partition coefficient (Wildman–Crippen LogP) is 3.32. The van der Waals surface area contributed by atoms with Crippen molar-refractivity contribution < 1.29 is 92.1 Å². The van der Waals surface area contributed by atoms with Gasteiger partial charge in [0.2, 0.25) is 0 Å². The van der Waals surface area contributed by atoms with Crippen LogP contribution in [-0.4, -0.2) is 66.5 Å². The van der Waals surface area contributed by atoms with Gasteiger partial charge in [0.25, 0.3) is 0 Å². The van der Waals surface area contributed by atoms with Crippen LogP contribution in [0.15, 0.2) is 0 Å². The molecule has 0 fully saturated rings. The molecule has 0 aromatic rings. The van der Waals surface area contributed by atoms with Gasteiger partial charge in [-0.1, -0.05) is 19.3 Å². The molecule has 0 aromatic heterocycles. The minimum absolute atomic E-state index is 0. The Hall–Kier alpha value is -2.08. The topological polar surface area (TPSA) is 224 Å². The number of unbranched alkanes of at least 4 members (excludes halogenated alkanes) is 6. The Morgan fingerprint density at radius 1 is 0.294 bits per heavy atom. The maximum absolute atomic E-state index is 9.98. The fraction of sp³-hybridized carbons (Fsp3) is 0.714. The Balaban J connectivity index is -0.000000196. The van der Waals surface area contributed by atoms with Gasteiger partial charge in [-0.05, 0) is 38.5 Å². The van der Waals surface area contributed by atoms with Crippen molar-refractivity contribution in [2.75, 3.05) is 0 Å². The van der Waals surface area contributed by atoms with E-state index in [0.717, 1.165) is 0 Å². The van der Waals surface area contributed by atoms with E-state index in [1.165, 1.54) is 0 Å². The SMILES string of the molecule is O=C(O)CCCCCC(=O)O.O=C(O)CCCCCC(=O)O.O=C(O)CCCCCC(=O)O.[Y]. The fourth-order valence-corrected chi connectivity index (χ4v) is 2.19. The first-order valence-electron chi connectivity index (χ1n) is 10.7. The molecule has 195 valence electrons.